The van der Waals surface area contributed by atoms with Crippen LogP contribution in [-0.4, -0.2) is 34.2 Å². The molecule has 2 N–H and O–H groups in total. The minimum absolute atomic E-state index is 0. The molecule has 0 aromatic carbocycles. The van der Waals surface area contributed by atoms with Gasteiger partial charge in [-0.15, -0.1) is 12.4 Å². The molecule has 0 spiro atoms. The van der Waals surface area contributed by atoms with Gasteiger partial charge in [0.15, 0.2) is 5.82 Å². The van der Waals surface area contributed by atoms with Gasteiger partial charge in [-0.2, -0.15) is 4.98 Å². The lowest BCUT2D eigenvalue weighted by atomic mass is 9.91. The van der Waals surface area contributed by atoms with E-state index in [0.29, 0.717) is 12.0 Å². The highest BCUT2D eigenvalue weighted by Gasteiger charge is 2.22. The lowest BCUT2D eigenvalue weighted by Crippen LogP contribution is -2.39. The molecular formula is C12H23ClN4O. The van der Waals surface area contributed by atoms with E-state index < -0.39 is 0 Å². The molecule has 1 unspecified atom stereocenters. The Morgan fingerprint density at radius 3 is 2.61 bits per heavy atom. The average Bonchev–Trinajstić information content (AvgIpc) is 2.77. The van der Waals surface area contributed by atoms with Crippen molar-refractivity contribution < 1.29 is 4.52 Å². The van der Waals surface area contributed by atoms with Crippen LogP contribution in [0, 0.1) is 5.92 Å². The molecule has 1 atom stereocenters. The summed E-state index contributed by atoms with van der Waals surface area (Å²) in [6.07, 6.45) is 3.16. The van der Waals surface area contributed by atoms with Crippen molar-refractivity contribution in [3.8, 4) is 0 Å². The molecule has 1 aliphatic rings. The first-order valence-electron chi connectivity index (χ1n) is 6.48. The lowest BCUT2D eigenvalue weighted by Gasteiger charge is -2.32. The summed E-state index contributed by atoms with van der Waals surface area (Å²) in [4.78, 5) is 6.71. The van der Waals surface area contributed by atoms with Gasteiger partial charge in [-0.05, 0) is 38.8 Å². The molecule has 1 aromatic heterocycles. The second-order valence-corrected chi connectivity index (χ2v) is 4.93. The Labute approximate surface area is 115 Å². The van der Waals surface area contributed by atoms with Crippen LogP contribution in [0.1, 0.15) is 38.4 Å². The number of aromatic nitrogens is 2. The summed E-state index contributed by atoms with van der Waals surface area (Å²) in [5.41, 5.74) is 5.93. The van der Waals surface area contributed by atoms with Crippen LogP contribution in [0.3, 0.4) is 0 Å². The quantitative estimate of drug-likeness (QED) is 0.903. The van der Waals surface area contributed by atoms with Gasteiger partial charge in [0.1, 0.15) is 0 Å². The summed E-state index contributed by atoms with van der Waals surface area (Å²) in [6.45, 7) is 7.10. The number of likely N-dealkylation sites (tertiary alicyclic amines) is 1. The molecule has 1 aromatic rings. The van der Waals surface area contributed by atoms with Gasteiger partial charge in [0.05, 0.1) is 6.54 Å². The molecule has 1 saturated heterocycles. The SMILES string of the molecule is CCc1nc(CN2CCC(C(C)N)CC2)no1.Cl. The van der Waals surface area contributed by atoms with E-state index in [4.69, 9.17) is 10.3 Å². The van der Waals surface area contributed by atoms with Crippen molar-refractivity contribution in [2.75, 3.05) is 13.1 Å². The van der Waals surface area contributed by atoms with E-state index in [9.17, 15) is 0 Å². The molecule has 1 aliphatic heterocycles. The number of nitrogens with zero attached hydrogens (tertiary/aromatic N) is 3. The van der Waals surface area contributed by atoms with Crippen molar-refractivity contribution in [2.24, 2.45) is 11.7 Å². The molecular weight excluding hydrogens is 252 g/mol. The second kappa shape index (κ2) is 7.07. The van der Waals surface area contributed by atoms with Crippen LogP contribution in [0.15, 0.2) is 4.52 Å². The van der Waals surface area contributed by atoms with E-state index >= 15 is 0 Å². The molecule has 0 saturated carbocycles. The van der Waals surface area contributed by atoms with E-state index in [-0.39, 0.29) is 12.4 Å². The molecule has 2 heterocycles. The van der Waals surface area contributed by atoms with Crippen molar-refractivity contribution in [3.63, 3.8) is 0 Å². The summed E-state index contributed by atoms with van der Waals surface area (Å²) in [5, 5.41) is 3.98. The Morgan fingerprint density at radius 2 is 2.11 bits per heavy atom. The van der Waals surface area contributed by atoms with Crippen LogP contribution in [0.5, 0.6) is 0 Å². The molecule has 18 heavy (non-hydrogen) atoms. The standard InChI is InChI=1S/C12H22N4O.ClH/c1-3-12-14-11(15-17-12)8-16-6-4-10(5-7-16)9(2)13;/h9-10H,3-8,13H2,1-2H3;1H. The molecule has 2 rings (SSSR count). The van der Waals surface area contributed by atoms with Gasteiger partial charge in [-0.25, -0.2) is 0 Å². The number of piperidine rings is 1. The van der Waals surface area contributed by atoms with Crippen molar-refractivity contribution >= 4 is 12.4 Å². The maximum absolute atomic E-state index is 5.93. The zero-order chi connectivity index (χ0) is 12.3. The fourth-order valence-corrected chi connectivity index (χ4v) is 2.33. The maximum atomic E-state index is 5.93. The number of hydrogen-bond donors (Lipinski definition) is 1. The van der Waals surface area contributed by atoms with Crippen molar-refractivity contribution in [3.05, 3.63) is 11.7 Å². The zero-order valence-corrected chi connectivity index (χ0v) is 11.9. The van der Waals surface area contributed by atoms with Crippen LogP contribution < -0.4 is 5.73 Å². The summed E-state index contributed by atoms with van der Waals surface area (Å²) < 4.78 is 5.11. The van der Waals surface area contributed by atoms with Crippen LogP contribution in [0.4, 0.5) is 0 Å². The Kier molecular flexibility index (Phi) is 6.05. The first-order chi connectivity index (χ1) is 8.19. The monoisotopic (exact) mass is 274 g/mol. The lowest BCUT2D eigenvalue weighted by molar-refractivity contribution is 0.161. The number of aryl methyl sites for hydroxylation is 1. The summed E-state index contributed by atoms with van der Waals surface area (Å²) in [7, 11) is 0. The smallest absolute Gasteiger partial charge is 0.226 e. The van der Waals surface area contributed by atoms with E-state index in [1.165, 1.54) is 12.8 Å². The third kappa shape index (κ3) is 3.93. The Balaban J connectivity index is 0.00000162. The Morgan fingerprint density at radius 1 is 1.44 bits per heavy atom. The van der Waals surface area contributed by atoms with Crippen molar-refractivity contribution in [1.29, 1.82) is 0 Å². The molecule has 0 bridgehead atoms. The van der Waals surface area contributed by atoms with Crippen LogP contribution in [0.25, 0.3) is 0 Å². The normalized spacial score (nSPS) is 19.5. The minimum atomic E-state index is 0. The third-order valence-corrected chi connectivity index (χ3v) is 3.55. The highest BCUT2D eigenvalue weighted by atomic mass is 35.5. The topological polar surface area (TPSA) is 68.2 Å². The molecule has 0 aliphatic carbocycles. The number of rotatable bonds is 4. The van der Waals surface area contributed by atoms with Gasteiger partial charge in [-0.3, -0.25) is 4.90 Å². The fourth-order valence-electron chi connectivity index (χ4n) is 2.33. The third-order valence-electron chi connectivity index (χ3n) is 3.55. The Bertz CT molecular complexity index is 348. The van der Waals surface area contributed by atoms with E-state index in [0.717, 1.165) is 37.8 Å². The first-order valence-corrected chi connectivity index (χ1v) is 6.48. The summed E-state index contributed by atoms with van der Waals surface area (Å²) >= 11 is 0. The number of halogens is 1. The number of nitrogens with two attached hydrogens (primary N) is 1. The fraction of sp³-hybridized carbons (Fsp3) is 0.833. The zero-order valence-electron chi connectivity index (χ0n) is 11.1. The molecule has 104 valence electrons. The van der Waals surface area contributed by atoms with Crippen molar-refractivity contribution in [2.45, 2.75) is 45.7 Å². The van der Waals surface area contributed by atoms with Gasteiger partial charge in [0.2, 0.25) is 5.89 Å². The van der Waals surface area contributed by atoms with Crippen LogP contribution in [0.2, 0.25) is 0 Å². The van der Waals surface area contributed by atoms with Gasteiger partial charge >= 0.3 is 0 Å². The summed E-state index contributed by atoms with van der Waals surface area (Å²) in [5.74, 6) is 2.20. The predicted octanol–water partition coefficient (Wildman–Crippen LogP) is 1.61. The first kappa shape index (κ1) is 15.4. The highest BCUT2D eigenvalue weighted by Crippen LogP contribution is 2.20. The minimum Gasteiger partial charge on any atom is -0.339 e. The van der Waals surface area contributed by atoms with E-state index in [2.05, 4.69) is 22.0 Å². The molecule has 0 amide bonds. The summed E-state index contributed by atoms with van der Waals surface area (Å²) in [6, 6.07) is 0.314. The average molecular weight is 275 g/mol. The second-order valence-electron chi connectivity index (χ2n) is 4.93. The van der Waals surface area contributed by atoms with Crippen LogP contribution in [-0.2, 0) is 13.0 Å². The van der Waals surface area contributed by atoms with E-state index in [1.807, 2.05) is 6.92 Å². The van der Waals surface area contributed by atoms with Gasteiger partial charge in [0.25, 0.3) is 0 Å². The Hall–Kier alpha value is -0.650. The largest absolute Gasteiger partial charge is 0.339 e. The molecule has 1 fully saturated rings. The molecule has 5 nitrogen and oxygen atoms in total. The maximum Gasteiger partial charge on any atom is 0.226 e. The van der Waals surface area contributed by atoms with Gasteiger partial charge in [0, 0.05) is 12.5 Å². The van der Waals surface area contributed by atoms with Crippen molar-refractivity contribution in [1.82, 2.24) is 15.0 Å². The predicted molar refractivity (Wildman–Crippen MR) is 72.6 cm³/mol. The van der Waals surface area contributed by atoms with E-state index in [1.54, 1.807) is 0 Å². The molecule has 6 heteroatoms. The molecule has 0 radical (unpaired) electrons. The van der Waals surface area contributed by atoms with Gasteiger partial charge < -0.3 is 10.3 Å². The van der Waals surface area contributed by atoms with Crippen LogP contribution >= 0.6 is 12.4 Å². The highest BCUT2D eigenvalue weighted by molar-refractivity contribution is 5.85. The number of hydrogen-bond acceptors (Lipinski definition) is 5. The van der Waals surface area contributed by atoms with Gasteiger partial charge in [-0.1, -0.05) is 12.1 Å².